The highest BCUT2D eigenvalue weighted by molar-refractivity contribution is 7.87. The van der Waals surface area contributed by atoms with E-state index >= 15 is 0 Å². The van der Waals surface area contributed by atoms with Gasteiger partial charge in [-0.25, -0.2) is 0 Å². The third-order valence-electron chi connectivity index (χ3n) is 2.34. The fourth-order valence-corrected chi connectivity index (χ4v) is 1.68. The van der Waals surface area contributed by atoms with E-state index in [-0.39, 0.29) is 12.3 Å². The van der Waals surface area contributed by atoms with Gasteiger partial charge in [-0.1, -0.05) is 18.6 Å². The molecule has 0 aliphatic heterocycles. The van der Waals surface area contributed by atoms with Crippen molar-refractivity contribution < 1.29 is 25.8 Å². The molecule has 0 aliphatic rings. The summed E-state index contributed by atoms with van der Waals surface area (Å²) in [5, 5.41) is 0. The van der Waals surface area contributed by atoms with Gasteiger partial charge in [0.25, 0.3) is 0 Å². The molecule has 0 N–H and O–H groups in total. The van der Waals surface area contributed by atoms with Crippen molar-refractivity contribution in [1.29, 1.82) is 0 Å². The van der Waals surface area contributed by atoms with E-state index in [0.717, 1.165) is 12.8 Å². The number of hydrogen-bond acceptors (Lipinski definition) is 3. The SMILES string of the molecule is CC(C)=CCCC(C)CCOS(=O)(=O)C(F)(F)F. The van der Waals surface area contributed by atoms with Crippen LogP contribution in [0.3, 0.4) is 0 Å². The summed E-state index contributed by atoms with van der Waals surface area (Å²) >= 11 is 0. The van der Waals surface area contributed by atoms with E-state index < -0.39 is 22.2 Å². The summed E-state index contributed by atoms with van der Waals surface area (Å²) in [5.74, 6) is 0.115. The molecule has 0 aliphatic carbocycles. The first-order chi connectivity index (χ1) is 8.06. The lowest BCUT2D eigenvalue weighted by molar-refractivity contribution is -0.0544. The first-order valence-electron chi connectivity index (χ1n) is 5.65. The van der Waals surface area contributed by atoms with Crippen LogP contribution in [0.4, 0.5) is 13.2 Å². The van der Waals surface area contributed by atoms with Crippen molar-refractivity contribution >= 4 is 10.1 Å². The summed E-state index contributed by atoms with van der Waals surface area (Å²) in [4.78, 5) is 0. The zero-order valence-corrected chi connectivity index (χ0v) is 11.6. The highest BCUT2D eigenvalue weighted by atomic mass is 32.2. The minimum absolute atomic E-state index is 0.115. The molecule has 0 rings (SSSR count). The second-order valence-corrected chi connectivity index (χ2v) is 6.08. The lowest BCUT2D eigenvalue weighted by Gasteiger charge is -2.11. The summed E-state index contributed by atoms with van der Waals surface area (Å²) in [7, 11) is -5.44. The maximum absolute atomic E-state index is 11.9. The molecule has 1 unspecified atom stereocenters. The molecule has 0 radical (unpaired) electrons. The van der Waals surface area contributed by atoms with Crippen molar-refractivity contribution in [3.8, 4) is 0 Å². The van der Waals surface area contributed by atoms with Gasteiger partial charge in [0.2, 0.25) is 0 Å². The van der Waals surface area contributed by atoms with E-state index in [0.29, 0.717) is 0 Å². The van der Waals surface area contributed by atoms with Gasteiger partial charge in [-0.05, 0) is 39.0 Å². The Kier molecular flexibility index (Phi) is 6.91. The Hall–Kier alpha value is -0.560. The molecule has 18 heavy (non-hydrogen) atoms. The minimum Gasteiger partial charge on any atom is -0.263 e. The van der Waals surface area contributed by atoms with Crippen LogP contribution in [0.15, 0.2) is 11.6 Å². The molecule has 0 saturated carbocycles. The van der Waals surface area contributed by atoms with Gasteiger partial charge in [0.15, 0.2) is 0 Å². The number of hydrogen-bond donors (Lipinski definition) is 0. The van der Waals surface area contributed by atoms with Gasteiger partial charge in [0, 0.05) is 0 Å². The van der Waals surface area contributed by atoms with Gasteiger partial charge in [0.05, 0.1) is 6.61 Å². The van der Waals surface area contributed by atoms with Crippen LogP contribution >= 0.6 is 0 Å². The van der Waals surface area contributed by atoms with Crippen molar-refractivity contribution in [2.24, 2.45) is 5.92 Å². The van der Waals surface area contributed by atoms with Crippen molar-refractivity contribution in [2.45, 2.75) is 45.5 Å². The lowest BCUT2D eigenvalue weighted by Crippen LogP contribution is -2.26. The first kappa shape index (κ1) is 17.4. The van der Waals surface area contributed by atoms with Crippen molar-refractivity contribution in [3.63, 3.8) is 0 Å². The molecule has 0 aromatic heterocycles. The largest absolute Gasteiger partial charge is 0.523 e. The van der Waals surface area contributed by atoms with Crippen LogP contribution in [-0.2, 0) is 14.3 Å². The third-order valence-corrected chi connectivity index (χ3v) is 3.39. The van der Waals surface area contributed by atoms with Crippen LogP contribution in [0.25, 0.3) is 0 Å². The summed E-state index contributed by atoms with van der Waals surface area (Å²) < 4.78 is 60.9. The van der Waals surface area contributed by atoms with Crippen LogP contribution in [0, 0.1) is 5.92 Å². The predicted octanol–water partition coefficient (Wildman–Crippen LogP) is 3.63. The smallest absolute Gasteiger partial charge is 0.263 e. The average molecular weight is 288 g/mol. The maximum Gasteiger partial charge on any atom is 0.523 e. The van der Waals surface area contributed by atoms with E-state index in [2.05, 4.69) is 4.18 Å². The van der Waals surface area contributed by atoms with E-state index in [1.807, 2.05) is 26.8 Å². The monoisotopic (exact) mass is 288 g/mol. The zero-order valence-electron chi connectivity index (χ0n) is 10.8. The molecule has 1 atom stereocenters. The maximum atomic E-state index is 11.9. The van der Waals surface area contributed by atoms with E-state index in [1.54, 1.807) is 0 Å². The lowest BCUT2D eigenvalue weighted by atomic mass is 10.0. The summed E-state index contributed by atoms with van der Waals surface area (Å²) in [6.45, 7) is 5.34. The van der Waals surface area contributed by atoms with Crippen molar-refractivity contribution in [1.82, 2.24) is 0 Å². The predicted molar refractivity (Wildman–Crippen MR) is 63.4 cm³/mol. The Bertz CT molecular complexity index is 367. The van der Waals surface area contributed by atoms with Crippen LogP contribution in [0.5, 0.6) is 0 Å². The summed E-state index contributed by atoms with van der Waals surface area (Å²) in [6.07, 6.45) is 3.94. The molecule has 108 valence electrons. The molecule has 0 spiro atoms. The summed E-state index contributed by atoms with van der Waals surface area (Å²) in [5.41, 5.74) is -4.16. The van der Waals surface area contributed by atoms with E-state index in [4.69, 9.17) is 0 Å². The van der Waals surface area contributed by atoms with Gasteiger partial charge in [-0.3, -0.25) is 4.18 Å². The Morgan fingerprint density at radius 2 is 1.83 bits per heavy atom. The standard InChI is InChI=1S/C11H19F3O3S/c1-9(2)5-4-6-10(3)7-8-17-18(15,16)11(12,13)14/h5,10H,4,6-8H2,1-3H3. The second kappa shape index (κ2) is 7.13. The van der Waals surface area contributed by atoms with Crippen molar-refractivity contribution in [3.05, 3.63) is 11.6 Å². The number of allylic oxidation sites excluding steroid dienone is 2. The molecule has 0 heterocycles. The normalized spacial score (nSPS) is 14.3. The molecule has 0 bridgehead atoms. The van der Waals surface area contributed by atoms with Crippen LogP contribution in [0.2, 0.25) is 0 Å². The highest BCUT2D eigenvalue weighted by Gasteiger charge is 2.47. The molecule has 0 saturated heterocycles. The number of rotatable bonds is 7. The molecule has 0 aromatic carbocycles. The fourth-order valence-electron chi connectivity index (χ4n) is 1.23. The highest BCUT2D eigenvalue weighted by Crippen LogP contribution is 2.25. The Morgan fingerprint density at radius 3 is 2.28 bits per heavy atom. The quantitative estimate of drug-likeness (QED) is 0.408. The Balaban J connectivity index is 3.96. The summed E-state index contributed by atoms with van der Waals surface area (Å²) in [6, 6.07) is 0. The van der Waals surface area contributed by atoms with Gasteiger partial charge >= 0.3 is 15.6 Å². The van der Waals surface area contributed by atoms with Gasteiger partial charge in [0.1, 0.15) is 0 Å². The van der Waals surface area contributed by atoms with Crippen LogP contribution in [-0.4, -0.2) is 20.5 Å². The first-order valence-corrected chi connectivity index (χ1v) is 7.06. The molecule has 0 fully saturated rings. The minimum atomic E-state index is -5.44. The molecular formula is C11H19F3O3S. The van der Waals surface area contributed by atoms with Crippen LogP contribution in [0.1, 0.15) is 40.0 Å². The topological polar surface area (TPSA) is 43.4 Å². The van der Waals surface area contributed by atoms with Gasteiger partial charge in [-0.2, -0.15) is 21.6 Å². The molecule has 7 heteroatoms. The van der Waals surface area contributed by atoms with Gasteiger partial charge in [-0.15, -0.1) is 0 Å². The van der Waals surface area contributed by atoms with Crippen LogP contribution < -0.4 is 0 Å². The molecule has 0 amide bonds. The second-order valence-electron chi connectivity index (χ2n) is 4.47. The fraction of sp³-hybridized carbons (Fsp3) is 0.818. The number of alkyl halides is 3. The third kappa shape index (κ3) is 7.00. The Morgan fingerprint density at radius 1 is 1.28 bits per heavy atom. The number of halogens is 3. The van der Waals surface area contributed by atoms with E-state index in [9.17, 15) is 21.6 Å². The van der Waals surface area contributed by atoms with E-state index in [1.165, 1.54) is 5.57 Å². The molecule has 0 aromatic rings. The molecular weight excluding hydrogens is 269 g/mol. The van der Waals surface area contributed by atoms with Gasteiger partial charge < -0.3 is 0 Å². The molecule has 3 nitrogen and oxygen atoms in total. The average Bonchev–Trinajstić information content (AvgIpc) is 2.14. The zero-order chi connectivity index (χ0) is 14.4. The Labute approximate surface area is 106 Å². The van der Waals surface area contributed by atoms with Crippen molar-refractivity contribution in [2.75, 3.05) is 6.61 Å².